The zero-order chi connectivity index (χ0) is 21.8. The van der Waals surface area contributed by atoms with Gasteiger partial charge >= 0.3 is 12.1 Å². The van der Waals surface area contributed by atoms with E-state index in [-0.39, 0.29) is 13.1 Å². The van der Waals surface area contributed by atoms with E-state index in [0.717, 1.165) is 6.08 Å². The minimum atomic E-state index is -0.855. The molecule has 2 aliphatic heterocycles. The zero-order valence-electron chi connectivity index (χ0n) is 17.8. The number of urea groups is 1. The van der Waals surface area contributed by atoms with Gasteiger partial charge in [0, 0.05) is 12.6 Å². The van der Waals surface area contributed by atoms with E-state index in [9.17, 15) is 14.4 Å². The predicted octanol–water partition coefficient (Wildman–Crippen LogP) is 1.50. The maximum Gasteiger partial charge on any atom is 0.410 e. The van der Waals surface area contributed by atoms with Gasteiger partial charge in [-0.2, -0.15) is 0 Å². The minimum Gasteiger partial charge on any atom is -0.501 e. The summed E-state index contributed by atoms with van der Waals surface area (Å²) in [5, 5.41) is 4.88. The quantitative estimate of drug-likeness (QED) is 0.530. The lowest BCUT2D eigenvalue weighted by Gasteiger charge is -2.39. The molecule has 10 nitrogen and oxygen atoms in total. The van der Waals surface area contributed by atoms with Crippen molar-refractivity contribution >= 4 is 18.0 Å². The summed E-state index contributed by atoms with van der Waals surface area (Å²) in [6, 6.07) is -1.30. The van der Waals surface area contributed by atoms with Gasteiger partial charge in [0.25, 0.3) is 5.91 Å². The van der Waals surface area contributed by atoms with Gasteiger partial charge in [-0.15, -0.1) is 0 Å². The fraction of sp³-hybridized carbons (Fsp3) is 0.737. The van der Waals surface area contributed by atoms with Crippen molar-refractivity contribution in [2.45, 2.75) is 71.2 Å². The molecule has 0 spiro atoms. The van der Waals surface area contributed by atoms with Crippen molar-refractivity contribution in [2.24, 2.45) is 0 Å². The minimum absolute atomic E-state index is 0.159. The average Bonchev–Trinajstić information content (AvgIpc) is 2.87. The molecule has 2 N–H and O–H groups in total. The molecule has 4 amide bonds. The van der Waals surface area contributed by atoms with Crippen LogP contribution in [-0.4, -0.2) is 72.3 Å². The predicted molar refractivity (Wildman–Crippen MR) is 103 cm³/mol. The Labute approximate surface area is 170 Å². The molecule has 2 saturated heterocycles. The highest BCUT2D eigenvalue weighted by Gasteiger charge is 2.50. The summed E-state index contributed by atoms with van der Waals surface area (Å²) in [6.07, 6.45) is 0.902. The third-order valence-electron chi connectivity index (χ3n) is 4.12. The number of hydrogen-bond donors (Lipinski definition) is 2. The molecule has 2 aliphatic rings. The Morgan fingerprint density at radius 3 is 2.52 bits per heavy atom. The molecule has 0 aromatic carbocycles. The number of carbonyl (C=O) groups is 3. The number of imide groups is 1. The van der Waals surface area contributed by atoms with Crippen molar-refractivity contribution in [1.29, 1.82) is 0 Å². The van der Waals surface area contributed by atoms with Crippen molar-refractivity contribution in [3.8, 4) is 0 Å². The smallest absolute Gasteiger partial charge is 0.410 e. The molecule has 0 bridgehead atoms. The molecule has 2 rings (SSSR count). The lowest BCUT2D eigenvalue weighted by molar-refractivity contribution is -0.146. The Morgan fingerprint density at radius 1 is 1.21 bits per heavy atom. The van der Waals surface area contributed by atoms with E-state index in [1.807, 2.05) is 0 Å². The van der Waals surface area contributed by atoms with Gasteiger partial charge in [0.05, 0.1) is 25.5 Å². The van der Waals surface area contributed by atoms with Gasteiger partial charge in [-0.25, -0.2) is 9.59 Å². The van der Waals surface area contributed by atoms with Crippen LogP contribution >= 0.6 is 0 Å². The van der Waals surface area contributed by atoms with E-state index in [0.29, 0.717) is 6.61 Å². The summed E-state index contributed by atoms with van der Waals surface area (Å²) in [6.45, 7) is 11.5. The molecule has 0 aromatic heterocycles. The maximum atomic E-state index is 12.5. The van der Waals surface area contributed by atoms with E-state index >= 15 is 0 Å². The average molecular weight is 413 g/mol. The Bertz CT molecular complexity index is 657. The molecule has 0 aliphatic carbocycles. The van der Waals surface area contributed by atoms with Crippen molar-refractivity contribution in [3.63, 3.8) is 0 Å². The number of likely N-dealkylation sites (tertiary alicyclic amines) is 1. The van der Waals surface area contributed by atoms with Crippen LogP contribution in [0.1, 0.15) is 41.5 Å². The highest BCUT2D eigenvalue weighted by Crippen LogP contribution is 2.33. The van der Waals surface area contributed by atoms with E-state index in [1.54, 1.807) is 41.5 Å². The molecule has 2 fully saturated rings. The van der Waals surface area contributed by atoms with Crippen LogP contribution in [0.15, 0.2) is 12.3 Å². The highest BCUT2D eigenvalue weighted by atomic mass is 16.8. The fourth-order valence-corrected chi connectivity index (χ4v) is 3.15. The molecule has 0 radical (unpaired) electrons. The van der Waals surface area contributed by atoms with Crippen LogP contribution in [0.2, 0.25) is 0 Å². The van der Waals surface area contributed by atoms with Crippen LogP contribution in [0.25, 0.3) is 0 Å². The van der Waals surface area contributed by atoms with Crippen molar-refractivity contribution < 1.29 is 33.3 Å². The monoisotopic (exact) mass is 413 g/mol. The molecular weight excluding hydrogens is 382 g/mol. The fourth-order valence-electron chi connectivity index (χ4n) is 3.15. The topological polar surface area (TPSA) is 115 Å². The van der Waals surface area contributed by atoms with Gasteiger partial charge in [0.15, 0.2) is 5.79 Å². The molecule has 0 unspecified atom stereocenters. The number of piperidine rings is 1. The molecule has 29 heavy (non-hydrogen) atoms. The van der Waals surface area contributed by atoms with Gasteiger partial charge in [0.2, 0.25) is 0 Å². The van der Waals surface area contributed by atoms with Gasteiger partial charge in [0.1, 0.15) is 17.8 Å². The SMILES string of the molecule is CCO/C=C/C(=O)NC(=O)N[C@@H]1CN(C(=O)OC(C)(C)C)C[C@@H]2OC(C)(C)O[C@@H]21. The van der Waals surface area contributed by atoms with Gasteiger partial charge in [-0.3, -0.25) is 10.1 Å². The van der Waals surface area contributed by atoms with Crippen LogP contribution in [0, 0.1) is 0 Å². The van der Waals surface area contributed by atoms with Crippen molar-refractivity contribution in [1.82, 2.24) is 15.5 Å². The van der Waals surface area contributed by atoms with Crippen LogP contribution in [-0.2, 0) is 23.7 Å². The highest BCUT2D eigenvalue weighted by molar-refractivity contribution is 6.00. The summed E-state index contributed by atoms with van der Waals surface area (Å²) in [5.41, 5.74) is -0.653. The number of nitrogens with zero attached hydrogens (tertiary/aromatic N) is 1. The Kier molecular flexibility index (Phi) is 7.12. The summed E-state index contributed by atoms with van der Waals surface area (Å²) >= 11 is 0. The second-order valence-electron chi connectivity index (χ2n) is 8.35. The summed E-state index contributed by atoms with van der Waals surface area (Å²) < 4.78 is 22.2. The largest absolute Gasteiger partial charge is 0.501 e. The summed E-state index contributed by atoms with van der Waals surface area (Å²) in [5.74, 6) is -1.48. The van der Waals surface area contributed by atoms with Crippen LogP contribution in [0.3, 0.4) is 0 Å². The first kappa shape index (κ1) is 23.0. The number of nitrogens with one attached hydrogen (secondary N) is 2. The van der Waals surface area contributed by atoms with E-state index in [1.165, 1.54) is 11.2 Å². The third-order valence-corrected chi connectivity index (χ3v) is 4.12. The summed E-state index contributed by atoms with van der Waals surface area (Å²) in [7, 11) is 0. The molecule has 3 atom stereocenters. The third kappa shape index (κ3) is 6.90. The number of hydrogen-bond acceptors (Lipinski definition) is 7. The second kappa shape index (κ2) is 9.00. The second-order valence-corrected chi connectivity index (χ2v) is 8.35. The first-order chi connectivity index (χ1) is 13.4. The lowest BCUT2D eigenvalue weighted by atomic mass is 10.00. The van der Waals surface area contributed by atoms with E-state index in [4.69, 9.17) is 18.9 Å². The first-order valence-electron chi connectivity index (χ1n) is 9.63. The molecule has 2 heterocycles. The van der Waals surface area contributed by atoms with Crippen molar-refractivity contribution in [2.75, 3.05) is 19.7 Å². The lowest BCUT2D eigenvalue weighted by Crippen LogP contribution is -2.63. The van der Waals surface area contributed by atoms with Crippen LogP contribution in [0.5, 0.6) is 0 Å². The number of ether oxygens (including phenoxy) is 4. The maximum absolute atomic E-state index is 12.5. The standard InChI is InChI=1S/C19H31N3O7/c1-7-26-9-8-14(23)21-16(24)20-12-10-22(17(25)29-18(2,3)4)11-13-15(12)28-19(5,6)27-13/h8-9,12-13,15H,7,10-11H2,1-6H3,(H2,20,21,23,24)/b9-8+/t12-,13+,15-/m1/s1. The van der Waals surface area contributed by atoms with Crippen LogP contribution in [0.4, 0.5) is 9.59 Å². The molecule has 164 valence electrons. The Morgan fingerprint density at radius 2 is 1.90 bits per heavy atom. The van der Waals surface area contributed by atoms with Gasteiger partial charge < -0.3 is 29.2 Å². The molecule has 10 heteroatoms. The number of amides is 4. The number of fused-ring (bicyclic) bond motifs is 1. The van der Waals surface area contributed by atoms with E-state index in [2.05, 4.69) is 10.6 Å². The van der Waals surface area contributed by atoms with Crippen molar-refractivity contribution in [3.05, 3.63) is 12.3 Å². The normalized spacial score (nSPS) is 26.0. The van der Waals surface area contributed by atoms with E-state index < -0.39 is 47.7 Å². The number of carbonyl (C=O) groups excluding carboxylic acids is 3. The first-order valence-corrected chi connectivity index (χ1v) is 9.63. The Hall–Kier alpha value is -2.33. The summed E-state index contributed by atoms with van der Waals surface area (Å²) in [4.78, 5) is 38.0. The molecule has 0 aromatic rings. The molecular formula is C19H31N3O7. The zero-order valence-corrected chi connectivity index (χ0v) is 17.8. The van der Waals surface area contributed by atoms with Crippen LogP contribution < -0.4 is 10.6 Å². The van der Waals surface area contributed by atoms with Gasteiger partial charge in [-0.1, -0.05) is 0 Å². The Balaban J connectivity index is 2.05. The number of rotatable bonds is 4. The molecule has 0 saturated carbocycles. The van der Waals surface area contributed by atoms with Gasteiger partial charge in [-0.05, 0) is 41.5 Å².